The van der Waals surface area contributed by atoms with E-state index in [0.29, 0.717) is 0 Å². The predicted molar refractivity (Wildman–Crippen MR) is 90.8 cm³/mol. The molecule has 2 aliphatic rings. The van der Waals surface area contributed by atoms with Crippen molar-refractivity contribution in [2.45, 2.75) is 46.0 Å². The van der Waals surface area contributed by atoms with Gasteiger partial charge in [0.15, 0.2) is 5.96 Å². The third kappa shape index (κ3) is 5.50. The SMILES string of the molecule is CCNC(=NCCC1CCN(C)CC1)N1CCCC(C)C1. The summed E-state index contributed by atoms with van der Waals surface area (Å²) >= 11 is 0. The van der Waals surface area contributed by atoms with Crippen LogP contribution in [-0.2, 0) is 0 Å². The van der Waals surface area contributed by atoms with E-state index < -0.39 is 0 Å². The highest BCUT2D eigenvalue weighted by atomic mass is 15.3. The molecule has 0 radical (unpaired) electrons. The first kappa shape index (κ1) is 16.6. The summed E-state index contributed by atoms with van der Waals surface area (Å²) in [5.41, 5.74) is 0. The first-order chi connectivity index (χ1) is 10.2. The van der Waals surface area contributed by atoms with Gasteiger partial charge >= 0.3 is 0 Å². The molecule has 122 valence electrons. The summed E-state index contributed by atoms with van der Waals surface area (Å²) in [4.78, 5) is 9.81. The molecule has 2 rings (SSSR count). The molecule has 1 unspecified atom stereocenters. The molecule has 4 nitrogen and oxygen atoms in total. The number of aliphatic imine (C=N–C) groups is 1. The minimum Gasteiger partial charge on any atom is -0.357 e. The normalized spacial score (nSPS) is 26.1. The molecule has 0 aromatic carbocycles. The molecule has 0 aromatic heterocycles. The van der Waals surface area contributed by atoms with Gasteiger partial charge in [-0.2, -0.15) is 0 Å². The Bertz CT molecular complexity index is 321. The van der Waals surface area contributed by atoms with Crippen molar-refractivity contribution in [3.63, 3.8) is 0 Å². The van der Waals surface area contributed by atoms with Gasteiger partial charge in [-0.25, -0.2) is 0 Å². The van der Waals surface area contributed by atoms with Crippen molar-refractivity contribution >= 4 is 5.96 Å². The predicted octanol–water partition coefficient (Wildman–Crippen LogP) is 2.42. The molecule has 4 heteroatoms. The van der Waals surface area contributed by atoms with Crippen LogP contribution >= 0.6 is 0 Å². The molecule has 0 aliphatic carbocycles. The molecule has 21 heavy (non-hydrogen) atoms. The fraction of sp³-hybridized carbons (Fsp3) is 0.941. The Morgan fingerprint density at radius 3 is 2.62 bits per heavy atom. The Morgan fingerprint density at radius 2 is 1.95 bits per heavy atom. The second-order valence-corrected chi connectivity index (χ2v) is 6.96. The number of likely N-dealkylation sites (tertiary alicyclic amines) is 2. The van der Waals surface area contributed by atoms with Gasteiger partial charge < -0.3 is 15.1 Å². The van der Waals surface area contributed by atoms with Crippen LogP contribution in [0, 0.1) is 11.8 Å². The van der Waals surface area contributed by atoms with Crippen LogP contribution < -0.4 is 5.32 Å². The first-order valence-corrected chi connectivity index (χ1v) is 8.90. The second kappa shape index (κ2) is 8.62. The van der Waals surface area contributed by atoms with Gasteiger partial charge in [0.2, 0.25) is 0 Å². The monoisotopic (exact) mass is 294 g/mol. The lowest BCUT2D eigenvalue weighted by Gasteiger charge is -2.33. The third-order valence-corrected chi connectivity index (χ3v) is 4.93. The lowest BCUT2D eigenvalue weighted by molar-refractivity contribution is 0.214. The van der Waals surface area contributed by atoms with Crippen molar-refractivity contribution in [2.75, 3.05) is 46.3 Å². The zero-order valence-electron chi connectivity index (χ0n) is 14.3. The maximum atomic E-state index is 4.90. The molecule has 0 aromatic rings. The highest BCUT2D eigenvalue weighted by molar-refractivity contribution is 5.80. The van der Waals surface area contributed by atoms with Gasteiger partial charge in [0.1, 0.15) is 0 Å². The van der Waals surface area contributed by atoms with Crippen LogP contribution in [0.1, 0.15) is 46.0 Å². The minimum atomic E-state index is 0.802. The number of rotatable bonds is 4. The van der Waals surface area contributed by atoms with Gasteiger partial charge in [0.25, 0.3) is 0 Å². The number of hydrogen-bond acceptors (Lipinski definition) is 2. The Labute approximate surface area is 131 Å². The van der Waals surface area contributed by atoms with Gasteiger partial charge in [0, 0.05) is 26.2 Å². The van der Waals surface area contributed by atoms with E-state index in [4.69, 9.17) is 4.99 Å². The summed E-state index contributed by atoms with van der Waals surface area (Å²) < 4.78 is 0. The minimum absolute atomic E-state index is 0.802. The summed E-state index contributed by atoms with van der Waals surface area (Å²) in [5.74, 6) is 2.83. The Hall–Kier alpha value is -0.770. The van der Waals surface area contributed by atoms with Crippen molar-refractivity contribution in [1.82, 2.24) is 15.1 Å². The van der Waals surface area contributed by atoms with Crippen molar-refractivity contribution in [3.05, 3.63) is 0 Å². The molecule has 0 amide bonds. The molecule has 2 aliphatic heterocycles. The summed E-state index contributed by atoms with van der Waals surface area (Å²) in [7, 11) is 2.23. The maximum Gasteiger partial charge on any atom is 0.193 e. The van der Waals surface area contributed by atoms with Crippen LogP contribution in [0.5, 0.6) is 0 Å². The van der Waals surface area contributed by atoms with Crippen molar-refractivity contribution < 1.29 is 0 Å². The topological polar surface area (TPSA) is 30.9 Å². The lowest BCUT2D eigenvalue weighted by atomic mass is 9.94. The molecule has 1 atom stereocenters. The molecule has 0 bridgehead atoms. The largest absolute Gasteiger partial charge is 0.357 e. The first-order valence-electron chi connectivity index (χ1n) is 8.90. The molecular formula is C17H34N4. The van der Waals surface area contributed by atoms with Crippen LogP contribution in [0.4, 0.5) is 0 Å². The van der Waals surface area contributed by atoms with E-state index in [-0.39, 0.29) is 0 Å². The zero-order chi connectivity index (χ0) is 15.1. The number of hydrogen-bond donors (Lipinski definition) is 1. The molecule has 2 fully saturated rings. The molecular weight excluding hydrogens is 260 g/mol. The molecule has 0 saturated carbocycles. The maximum absolute atomic E-state index is 4.90. The number of nitrogens with one attached hydrogen (secondary N) is 1. The van der Waals surface area contributed by atoms with Gasteiger partial charge in [0.05, 0.1) is 0 Å². The van der Waals surface area contributed by atoms with Gasteiger partial charge in [-0.1, -0.05) is 6.92 Å². The van der Waals surface area contributed by atoms with Crippen LogP contribution in [0.2, 0.25) is 0 Å². The van der Waals surface area contributed by atoms with Crippen LogP contribution in [0.3, 0.4) is 0 Å². The van der Waals surface area contributed by atoms with E-state index in [1.54, 1.807) is 0 Å². The van der Waals surface area contributed by atoms with Gasteiger partial charge in [-0.3, -0.25) is 4.99 Å². The number of nitrogens with zero attached hydrogens (tertiary/aromatic N) is 3. The molecule has 0 spiro atoms. The molecule has 1 N–H and O–H groups in total. The second-order valence-electron chi connectivity index (χ2n) is 6.96. The number of guanidine groups is 1. The van der Waals surface area contributed by atoms with Crippen LogP contribution in [0.25, 0.3) is 0 Å². The van der Waals surface area contributed by atoms with E-state index in [1.165, 1.54) is 58.3 Å². The highest BCUT2D eigenvalue weighted by Crippen LogP contribution is 2.20. The Morgan fingerprint density at radius 1 is 1.19 bits per heavy atom. The van der Waals surface area contributed by atoms with Crippen molar-refractivity contribution in [3.8, 4) is 0 Å². The molecule has 2 saturated heterocycles. The summed E-state index contributed by atoms with van der Waals surface area (Å²) in [6, 6.07) is 0. The van der Waals surface area contributed by atoms with E-state index in [0.717, 1.165) is 30.9 Å². The highest BCUT2D eigenvalue weighted by Gasteiger charge is 2.20. The standard InChI is InChI=1S/C17H34N4/c1-4-18-17(21-11-5-6-15(2)14-21)19-10-7-16-8-12-20(3)13-9-16/h15-16H,4-14H2,1-3H3,(H,18,19). The van der Waals surface area contributed by atoms with Gasteiger partial charge in [-0.05, 0) is 71.0 Å². The zero-order valence-corrected chi connectivity index (χ0v) is 14.3. The van der Waals surface area contributed by atoms with E-state index in [9.17, 15) is 0 Å². The van der Waals surface area contributed by atoms with Crippen LogP contribution in [0.15, 0.2) is 4.99 Å². The average molecular weight is 294 g/mol. The molecule has 2 heterocycles. The fourth-order valence-electron chi connectivity index (χ4n) is 3.51. The summed E-state index contributed by atoms with van der Waals surface area (Å²) in [6.45, 7) is 11.3. The summed E-state index contributed by atoms with van der Waals surface area (Å²) in [5, 5.41) is 3.49. The van der Waals surface area contributed by atoms with E-state index in [1.807, 2.05) is 0 Å². The fourth-order valence-corrected chi connectivity index (χ4v) is 3.51. The van der Waals surface area contributed by atoms with Crippen molar-refractivity contribution in [2.24, 2.45) is 16.8 Å². The Kier molecular flexibility index (Phi) is 6.81. The van der Waals surface area contributed by atoms with E-state index in [2.05, 4.69) is 36.0 Å². The quantitative estimate of drug-likeness (QED) is 0.638. The van der Waals surface area contributed by atoms with Gasteiger partial charge in [-0.15, -0.1) is 0 Å². The number of piperidine rings is 2. The lowest BCUT2D eigenvalue weighted by Crippen LogP contribution is -2.46. The summed E-state index contributed by atoms with van der Waals surface area (Å²) in [6.07, 6.45) is 6.63. The van der Waals surface area contributed by atoms with E-state index >= 15 is 0 Å². The van der Waals surface area contributed by atoms with Crippen molar-refractivity contribution in [1.29, 1.82) is 0 Å². The Balaban J connectivity index is 1.79. The average Bonchev–Trinajstić information content (AvgIpc) is 2.48. The third-order valence-electron chi connectivity index (χ3n) is 4.93. The smallest absolute Gasteiger partial charge is 0.193 e. The van der Waals surface area contributed by atoms with Crippen LogP contribution in [-0.4, -0.2) is 62.1 Å².